The number of rotatable bonds is 5. The van der Waals surface area contributed by atoms with Crippen LogP contribution in [0, 0.1) is 5.92 Å². The van der Waals surface area contributed by atoms with Crippen molar-refractivity contribution >= 4 is 17.8 Å². The molecule has 1 aliphatic rings. The van der Waals surface area contributed by atoms with Gasteiger partial charge in [0.05, 0.1) is 11.5 Å². The van der Waals surface area contributed by atoms with Crippen molar-refractivity contribution in [1.29, 1.82) is 0 Å². The molecule has 1 aromatic rings. The van der Waals surface area contributed by atoms with E-state index in [1.54, 1.807) is 23.1 Å². The fraction of sp³-hybridized carbons (Fsp3) is 0.438. The molecule has 1 atom stereocenters. The van der Waals surface area contributed by atoms with E-state index in [0.29, 0.717) is 25.1 Å². The smallest absolute Gasteiger partial charge is 0.335 e. The van der Waals surface area contributed by atoms with Gasteiger partial charge in [0, 0.05) is 19.5 Å². The highest BCUT2D eigenvalue weighted by molar-refractivity contribution is 5.89. The fourth-order valence-corrected chi connectivity index (χ4v) is 2.78. The minimum atomic E-state index is -0.991. The first-order valence-corrected chi connectivity index (χ1v) is 7.37. The topological polar surface area (TPSA) is 101 Å². The molecule has 2 amide bonds. The number of nitrogens with two attached hydrogens (primary N) is 1. The lowest BCUT2D eigenvalue weighted by Crippen LogP contribution is -2.44. The van der Waals surface area contributed by atoms with Crippen molar-refractivity contribution in [3.05, 3.63) is 35.4 Å². The third kappa shape index (κ3) is 3.84. The minimum Gasteiger partial charge on any atom is -0.478 e. The van der Waals surface area contributed by atoms with Gasteiger partial charge in [0.2, 0.25) is 11.8 Å². The first-order chi connectivity index (χ1) is 10.5. The molecule has 118 valence electrons. The summed E-state index contributed by atoms with van der Waals surface area (Å²) in [7, 11) is 0. The SMILES string of the molecule is NC(=O)C1CCCN(C(=O)CCc2ccccc2C(=O)O)C1. The molecule has 0 radical (unpaired) electrons. The van der Waals surface area contributed by atoms with Gasteiger partial charge < -0.3 is 15.7 Å². The molecule has 1 aromatic carbocycles. The van der Waals surface area contributed by atoms with Gasteiger partial charge in [0.1, 0.15) is 0 Å². The van der Waals surface area contributed by atoms with E-state index in [9.17, 15) is 14.4 Å². The molecular formula is C16H20N2O4. The summed E-state index contributed by atoms with van der Waals surface area (Å²) >= 11 is 0. The number of aromatic carboxylic acids is 1. The van der Waals surface area contributed by atoms with Crippen molar-refractivity contribution in [2.75, 3.05) is 13.1 Å². The Morgan fingerprint density at radius 2 is 2.00 bits per heavy atom. The van der Waals surface area contributed by atoms with E-state index in [1.807, 2.05) is 0 Å². The highest BCUT2D eigenvalue weighted by Crippen LogP contribution is 2.18. The van der Waals surface area contributed by atoms with Gasteiger partial charge >= 0.3 is 5.97 Å². The number of carboxylic acids is 1. The molecule has 0 bridgehead atoms. The van der Waals surface area contributed by atoms with E-state index in [2.05, 4.69) is 0 Å². The molecule has 0 aromatic heterocycles. The standard InChI is InChI=1S/C16H20N2O4/c17-15(20)12-5-3-9-18(10-12)14(19)8-7-11-4-1-2-6-13(11)16(21)22/h1-2,4,6,12H,3,5,7-10H2,(H2,17,20)(H,21,22). The molecule has 2 rings (SSSR count). The number of hydrogen-bond donors (Lipinski definition) is 2. The number of nitrogens with zero attached hydrogens (tertiary/aromatic N) is 1. The highest BCUT2D eigenvalue weighted by Gasteiger charge is 2.26. The molecule has 0 saturated carbocycles. The average molecular weight is 304 g/mol. The molecule has 0 spiro atoms. The molecule has 22 heavy (non-hydrogen) atoms. The Hall–Kier alpha value is -2.37. The number of carbonyl (C=O) groups excluding carboxylic acids is 2. The summed E-state index contributed by atoms with van der Waals surface area (Å²) in [6.07, 6.45) is 2.10. The summed E-state index contributed by atoms with van der Waals surface area (Å²) in [5.41, 5.74) is 6.18. The maximum absolute atomic E-state index is 12.2. The molecular weight excluding hydrogens is 284 g/mol. The van der Waals surface area contributed by atoms with Crippen LogP contribution in [0.5, 0.6) is 0 Å². The molecule has 0 aliphatic carbocycles. The largest absolute Gasteiger partial charge is 0.478 e. The van der Waals surface area contributed by atoms with Gasteiger partial charge in [-0.05, 0) is 30.9 Å². The summed E-state index contributed by atoms with van der Waals surface area (Å²) in [5, 5.41) is 9.13. The first-order valence-electron chi connectivity index (χ1n) is 7.37. The number of carbonyl (C=O) groups is 3. The maximum atomic E-state index is 12.2. The zero-order valence-corrected chi connectivity index (χ0v) is 12.3. The van der Waals surface area contributed by atoms with E-state index in [0.717, 1.165) is 12.8 Å². The van der Waals surface area contributed by atoms with E-state index < -0.39 is 5.97 Å². The molecule has 1 unspecified atom stereocenters. The number of benzene rings is 1. The van der Waals surface area contributed by atoms with Crippen LogP contribution in [0.1, 0.15) is 35.2 Å². The van der Waals surface area contributed by atoms with E-state index in [4.69, 9.17) is 10.8 Å². The van der Waals surface area contributed by atoms with Gasteiger partial charge in [-0.2, -0.15) is 0 Å². The van der Waals surface area contributed by atoms with Crippen LogP contribution in [0.25, 0.3) is 0 Å². The molecule has 3 N–H and O–H groups in total. The number of primary amides is 1. The van der Waals surface area contributed by atoms with Gasteiger partial charge in [-0.1, -0.05) is 18.2 Å². The number of aryl methyl sites for hydroxylation is 1. The highest BCUT2D eigenvalue weighted by atomic mass is 16.4. The summed E-state index contributed by atoms with van der Waals surface area (Å²) in [6, 6.07) is 6.68. The van der Waals surface area contributed by atoms with Gasteiger partial charge in [-0.15, -0.1) is 0 Å². The third-order valence-electron chi connectivity index (χ3n) is 4.03. The monoisotopic (exact) mass is 304 g/mol. The number of amides is 2. The number of carboxylic acid groups (broad SMARTS) is 1. The van der Waals surface area contributed by atoms with Gasteiger partial charge in [0.15, 0.2) is 0 Å². The Morgan fingerprint density at radius 3 is 2.68 bits per heavy atom. The quantitative estimate of drug-likeness (QED) is 0.848. The van der Waals surface area contributed by atoms with Crippen LogP contribution < -0.4 is 5.73 Å². The van der Waals surface area contributed by atoms with Crippen LogP contribution in [0.2, 0.25) is 0 Å². The molecule has 6 nitrogen and oxygen atoms in total. The fourth-order valence-electron chi connectivity index (χ4n) is 2.78. The van der Waals surface area contributed by atoms with Crippen molar-refractivity contribution in [2.45, 2.75) is 25.7 Å². The molecule has 1 fully saturated rings. The zero-order valence-electron chi connectivity index (χ0n) is 12.3. The molecule has 1 heterocycles. The Morgan fingerprint density at radius 1 is 1.27 bits per heavy atom. The average Bonchev–Trinajstić information content (AvgIpc) is 2.52. The maximum Gasteiger partial charge on any atom is 0.335 e. The number of piperidine rings is 1. The van der Waals surface area contributed by atoms with Crippen LogP contribution >= 0.6 is 0 Å². The summed E-state index contributed by atoms with van der Waals surface area (Å²) in [4.78, 5) is 36.3. The van der Waals surface area contributed by atoms with Crippen LogP contribution in [-0.4, -0.2) is 40.9 Å². The van der Waals surface area contributed by atoms with Crippen molar-refractivity contribution < 1.29 is 19.5 Å². The van der Waals surface area contributed by atoms with Crippen molar-refractivity contribution in [3.8, 4) is 0 Å². The number of likely N-dealkylation sites (tertiary alicyclic amines) is 1. The third-order valence-corrected chi connectivity index (χ3v) is 4.03. The van der Waals surface area contributed by atoms with Crippen molar-refractivity contribution in [1.82, 2.24) is 4.90 Å². The predicted octanol–water partition coefficient (Wildman–Crippen LogP) is 1.04. The van der Waals surface area contributed by atoms with Crippen LogP contribution in [0.15, 0.2) is 24.3 Å². The van der Waals surface area contributed by atoms with E-state index >= 15 is 0 Å². The predicted molar refractivity (Wildman–Crippen MR) is 80.2 cm³/mol. The summed E-state index contributed by atoms with van der Waals surface area (Å²) < 4.78 is 0. The van der Waals surface area contributed by atoms with Gasteiger partial charge in [-0.25, -0.2) is 4.79 Å². The van der Waals surface area contributed by atoms with Crippen molar-refractivity contribution in [3.63, 3.8) is 0 Å². The second kappa shape index (κ2) is 7.06. The number of hydrogen-bond acceptors (Lipinski definition) is 3. The normalized spacial score (nSPS) is 18.0. The van der Waals surface area contributed by atoms with Crippen LogP contribution in [-0.2, 0) is 16.0 Å². The van der Waals surface area contributed by atoms with Gasteiger partial charge in [-0.3, -0.25) is 9.59 Å². The molecule has 6 heteroatoms. The minimum absolute atomic E-state index is 0.0638. The lowest BCUT2D eigenvalue weighted by molar-refractivity contribution is -0.134. The van der Waals surface area contributed by atoms with E-state index in [-0.39, 0.29) is 29.7 Å². The lowest BCUT2D eigenvalue weighted by atomic mass is 9.96. The zero-order chi connectivity index (χ0) is 16.1. The summed E-state index contributed by atoms with van der Waals surface area (Å²) in [6.45, 7) is 0.998. The van der Waals surface area contributed by atoms with Crippen molar-refractivity contribution in [2.24, 2.45) is 11.7 Å². The second-order valence-electron chi connectivity index (χ2n) is 5.54. The molecule has 1 saturated heterocycles. The Kier molecular flexibility index (Phi) is 5.14. The first kappa shape index (κ1) is 16.0. The Labute approximate surface area is 128 Å². The van der Waals surface area contributed by atoms with Gasteiger partial charge in [0.25, 0.3) is 0 Å². The van der Waals surface area contributed by atoms with Crippen LogP contribution in [0.4, 0.5) is 0 Å². The summed E-state index contributed by atoms with van der Waals surface area (Å²) in [5.74, 6) is -1.70. The molecule has 1 aliphatic heterocycles. The van der Waals surface area contributed by atoms with E-state index in [1.165, 1.54) is 6.07 Å². The Balaban J connectivity index is 1.95. The van der Waals surface area contributed by atoms with Crippen LogP contribution in [0.3, 0.4) is 0 Å². The Bertz CT molecular complexity index is 585. The second-order valence-corrected chi connectivity index (χ2v) is 5.54. The lowest BCUT2D eigenvalue weighted by Gasteiger charge is -2.31.